The van der Waals surface area contributed by atoms with E-state index in [1.54, 1.807) is 23.1 Å². The molecule has 3 heterocycles. The number of nitriles is 1. The van der Waals surface area contributed by atoms with Crippen LogP contribution >= 0.6 is 23.1 Å². The van der Waals surface area contributed by atoms with Crippen LogP contribution in [0.2, 0.25) is 0 Å². The maximum Gasteiger partial charge on any atom is 0.229 e. The number of nitrogens with zero attached hydrogens (tertiary/aromatic N) is 3. The summed E-state index contributed by atoms with van der Waals surface area (Å²) in [4.78, 5) is 18.1. The molecule has 1 saturated heterocycles. The maximum absolute atomic E-state index is 12.7. The van der Waals surface area contributed by atoms with Crippen LogP contribution < -0.4 is 0 Å². The van der Waals surface area contributed by atoms with E-state index in [2.05, 4.69) is 11.0 Å². The predicted molar refractivity (Wildman–Crippen MR) is 92.6 cm³/mol. The lowest BCUT2D eigenvalue weighted by Gasteiger charge is -2.43. The summed E-state index contributed by atoms with van der Waals surface area (Å²) < 4.78 is 0. The first-order chi connectivity index (χ1) is 11.3. The molecule has 2 aliphatic heterocycles. The van der Waals surface area contributed by atoms with Gasteiger partial charge in [0, 0.05) is 23.3 Å². The lowest BCUT2D eigenvalue weighted by Crippen LogP contribution is -2.50. The topological polar surface area (TPSA) is 47.3 Å². The van der Waals surface area contributed by atoms with E-state index < -0.39 is 0 Å². The first kappa shape index (κ1) is 15.3. The molecule has 4 rings (SSSR count). The SMILES string of the molecule is N#CC1=C2SCN(C3CCCC3)CN2C(=O)C[C@@H]1c1cccs1. The number of allylic oxidation sites excluding steroid dienone is 1. The van der Waals surface area contributed by atoms with Gasteiger partial charge < -0.3 is 0 Å². The van der Waals surface area contributed by atoms with Gasteiger partial charge in [0.25, 0.3) is 0 Å². The molecule has 3 aliphatic rings. The van der Waals surface area contributed by atoms with Crippen LogP contribution in [0.25, 0.3) is 0 Å². The molecule has 6 heteroatoms. The van der Waals surface area contributed by atoms with Crippen molar-refractivity contribution in [3.05, 3.63) is 33.0 Å². The average Bonchev–Trinajstić information content (AvgIpc) is 3.28. The van der Waals surface area contributed by atoms with Crippen molar-refractivity contribution in [2.45, 2.75) is 44.1 Å². The summed E-state index contributed by atoms with van der Waals surface area (Å²) in [5.74, 6) is 1.00. The Kier molecular flexibility index (Phi) is 4.18. The molecule has 0 bridgehead atoms. The Morgan fingerprint density at radius 3 is 2.83 bits per heavy atom. The van der Waals surface area contributed by atoms with Crippen LogP contribution in [0, 0.1) is 11.3 Å². The van der Waals surface area contributed by atoms with Gasteiger partial charge in [-0.25, -0.2) is 0 Å². The van der Waals surface area contributed by atoms with Gasteiger partial charge in [0.2, 0.25) is 5.91 Å². The van der Waals surface area contributed by atoms with Crippen LogP contribution in [0.4, 0.5) is 0 Å². The van der Waals surface area contributed by atoms with Crippen LogP contribution in [-0.4, -0.2) is 34.3 Å². The zero-order chi connectivity index (χ0) is 15.8. The molecular weight excluding hydrogens is 326 g/mol. The van der Waals surface area contributed by atoms with Crippen molar-refractivity contribution < 1.29 is 4.79 Å². The van der Waals surface area contributed by atoms with Gasteiger partial charge in [-0.3, -0.25) is 14.6 Å². The number of carbonyl (C=O) groups is 1. The van der Waals surface area contributed by atoms with Crippen molar-refractivity contribution in [1.29, 1.82) is 5.26 Å². The summed E-state index contributed by atoms with van der Waals surface area (Å²) in [6.45, 7) is 0.661. The normalized spacial score (nSPS) is 26.5. The molecule has 0 N–H and O–H groups in total. The number of amides is 1. The molecule has 0 spiro atoms. The molecule has 120 valence electrons. The van der Waals surface area contributed by atoms with E-state index >= 15 is 0 Å². The Morgan fingerprint density at radius 2 is 2.13 bits per heavy atom. The van der Waals surface area contributed by atoms with Gasteiger partial charge in [0.15, 0.2) is 0 Å². The van der Waals surface area contributed by atoms with Crippen molar-refractivity contribution in [3.8, 4) is 6.07 Å². The van der Waals surface area contributed by atoms with Gasteiger partial charge in [-0.05, 0) is 24.3 Å². The summed E-state index contributed by atoms with van der Waals surface area (Å²) in [6, 6.07) is 7.04. The minimum Gasteiger partial charge on any atom is -0.292 e. The van der Waals surface area contributed by atoms with Crippen molar-refractivity contribution in [3.63, 3.8) is 0 Å². The fourth-order valence-corrected chi connectivity index (χ4v) is 5.88. The van der Waals surface area contributed by atoms with E-state index in [9.17, 15) is 10.1 Å². The van der Waals surface area contributed by atoms with Crippen LogP contribution in [0.1, 0.15) is 42.9 Å². The Bertz CT molecular complexity index is 671. The summed E-state index contributed by atoms with van der Waals surface area (Å²) in [5.41, 5.74) is 0.781. The van der Waals surface area contributed by atoms with Crippen molar-refractivity contribution in [2.24, 2.45) is 0 Å². The third kappa shape index (κ3) is 2.71. The van der Waals surface area contributed by atoms with Crippen LogP contribution in [0.5, 0.6) is 0 Å². The molecular formula is C17H19N3OS2. The Balaban J connectivity index is 1.63. The molecule has 4 nitrogen and oxygen atoms in total. The molecule has 1 aliphatic carbocycles. The van der Waals surface area contributed by atoms with Crippen LogP contribution in [0.3, 0.4) is 0 Å². The zero-order valence-electron chi connectivity index (χ0n) is 12.9. The number of hydrogen-bond donors (Lipinski definition) is 0. The minimum absolute atomic E-state index is 0.0516. The third-order valence-corrected chi connectivity index (χ3v) is 7.20. The van der Waals surface area contributed by atoms with Gasteiger partial charge in [0.05, 0.1) is 29.2 Å². The summed E-state index contributed by atoms with van der Waals surface area (Å²) in [7, 11) is 0. The Morgan fingerprint density at radius 1 is 1.30 bits per heavy atom. The van der Waals surface area contributed by atoms with Gasteiger partial charge in [0.1, 0.15) is 0 Å². The molecule has 0 radical (unpaired) electrons. The van der Waals surface area contributed by atoms with Crippen LogP contribution in [0.15, 0.2) is 28.1 Å². The molecule has 0 aromatic carbocycles. The predicted octanol–water partition coefficient (Wildman–Crippen LogP) is 3.71. The Labute approximate surface area is 144 Å². The highest BCUT2D eigenvalue weighted by atomic mass is 32.2. The van der Waals surface area contributed by atoms with E-state index in [0.29, 0.717) is 19.1 Å². The van der Waals surface area contributed by atoms with Gasteiger partial charge in [-0.15, -0.1) is 11.3 Å². The van der Waals surface area contributed by atoms with Crippen LogP contribution in [-0.2, 0) is 4.79 Å². The molecule has 1 saturated carbocycles. The van der Waals surface area contributed by atoms with E-state index in [4.69, 9.17) is 0 Å². The number of carbonyl (C=O) groups excluding carboxylic acids is 1. The molecule has 1 atom stereocenters. The molecule has 0 unspecified atom stereocenters. The van der Waals surface area contributed by atoms with E-state index in [0.717, 1.165) is 21.4 Å². The van der Waals surface area contributed by atoms with Crippen molar-refractivity contribution >= 4 is 29.0 Å². The maximum atomic E-state index is 12.7. The van der Waals surface area contributed by atoms with Gasteiger partial charge in [-0.1, -0.05) is 30.7 Å². The second-order valence-corrected chi connectivity index (χ2v) is 8.28. The number of thioether (sulfide) groups is 1. The summed E-state index contributed by atoms with van der Waals surface area (Å²) in [6.07, 6.45) is 5.50. The van der Waals surface area contributed by atoms with Crippen molar-refractivity contribution in [2.75, 3.05) is 12.5 Å². The quantitative estimate of drug-likeness (QED) is 0.820. The highest BCUT2D eigenvalue weighted by molar-refractivity contribution is 8.03. The number of rotatable bonds is 2. The van der Waals surface area contributed by atoms with Gasteiger partial charge in [-0.2, -0.15) is 5.26 Å². The smallest absolute Gasteiger partial charge is 0.229 e. The highest BCUT2D eigenvalue weighted by Gasteiger charge is 2.40. The first-order valence-electron chi connectivity index (χ1n) is 8.13. The summed E-state index contributed by atoms with van der Waals surface area (Å²) >= 11 is 3.31. The first-order valence-corrected chi connectivity index (χ1v) is 9.99. The third-order valence-electron chi connectivity index (χ3n) is 5.04. The number of hydrogen-bond acceptors (Lipinski definition) is 5. The van der Waals surface area contributed by atoms with E-state index in [-0.39, 0.29) is 11.8 Å². The van der Waals surface area contributed by atoms with E-state index in [1.807, 2.05) is 22.4 Å². The molecule has 1 aromatic rings. The second kappa shape index (κ2) is 6.31. The van der Waals surface area contributed by atoms with E-state index in [1.165, 1.54) is 25.7 Å². The number of thiophene rings is 1. The fraction of sp³-hybridized carbons (Fsp3) is 0.529. The molecule has 1 aromatic heterocycles. The largest absolute Gasteiger partial charge is 0.292 e. The average molecular weight is 345 g/mol. The summed E-state index contributed by atoms with van der Waals surface area (Å²) in [5, 5.41) is 12.6. The standard InChI is InChI=1S/C17H19N3OS2/c18-9-14-13(15-6-3-7-22-15)8-16(21)20-10-19(11-23-17(14)20)12-4-1-2-5-12/h3,6-7,12-13H,1-2,4-5,8,10-11H2/t13-/m0/s1. The zero-order valence-corrected chi connectivity index (χ0v) is 14.5. The Hall–Kier alpha value is -1.29. The molecule has 2 fully saturated rings. The second-order valence-electron chi connectivity index (χ2n) is 6.37. The molecule has 1 amide bonds. The highest BCUT2D eigenvalue weighted by Crippen LogP contribution is 2.44. The lowest BCUT2D eigenvalue weighted by molar-refractivity contribution is -0.132. The number of fused-ring (bicyclic) bond motifs is 1. The van der Waals surface area contributed by atoms with Crippen molar-refractivity contribution in [1.82, 2.24) is 9.80 Å². The lowest BCUT2D eigenvalue weighted by atomic mass is 9.92. The monoisotopic (exact) mass is 345 g/mol. The molecule has 23 heavy (non-hydrogen) atoms. The fourth-order valence-electron chi connectivity index (χ4n) is 3.81. The minimum atomic E-state index is -0.0516. The van der Waals surface area contributed by atoms with Gasteiger partial charge >= 0.3 is 0 Å².